The molecule has 64 heavy (non-hydrogen) atoms. The van der Waals surface area contributed by atoms with Gasteiger partial charge >= 0.3 is 13.8 Å². The third-order valence-corrected chi connectivity index (χ3v) is 12.0. The van der Waals surface area contributed by atoms with Crippen molar-refractivity contribution in [2.24, 2.45) is 0 Å². The Hall–Kier alpha value is -2.22. The van der Waals surface area contributed by atoms with Gasteiger partial charge in [-0.15, -0.1) is 0 Å². The van der Waals surface area contributed by atoms with E-state index < -0.39 is 63.1 Å². The Kier molecular flexibility index (Phi) is 38.3. The molecular formula is C51H89O12P. The Morgan fingerprint density at radius 2 is 0.922 bits per heavy atom. The first-order valence-electron chi connectivity index (χ1n) is 24.8. The Labute approximate surface area is 387 Å². The minimum absolute atomic E-state index is 0.0957. The molecule has 0 heterocycles. The lowest BCUT2D eigenvalue weighted by atomic mass is 9.85. The van der Waals surface area contributed by atoms with Gasteiger partial charge in [0, 0.05) is 13.0 Å². The third kappa shape index (κ3) is 32.5. The van der Waals surface area contributed by atoms with Crippen LogP contribution in [0, 0.1) is 0 Å². The lowest BCUT2D eigenvalue weighted by Gasteiger charge is -2.41. The molecular weight excluding hydrogens is 836 g/mol. The number of unbranched alkanes of at least 4 members (excludes halogenated alkanes) is 17. The zero-order valence-corrected chi connectivity index (χ0v) is 40.5. The average molecular weight is 925 g/mol. The number of hydrogen-bond acceptors (Lipinski definition) is 11. The summed E-state index contributed by atoms with van der Waals surface area (Å²) in [6, 6.07) is 0. The van der Waals surface area contributed by atoms with Crippen molar-refractivity contribution < 1.29 is 58.3 Å². The summed E-state index contributed by atoms with van der Waals surface area (Å²) < 4.78 is 34.2. The van der Waals surface area contributed by atoms with E-state index in [1.165, 1.54) is 70.6 Å². The van der Waals surface area contributed by atoms with Gasteiger partial charge < -0.3 is 39.9 Å². The molecule has 0 bridgehead atoms. The van der Waals surface area contributed by atoms with Crippen LogP contribution in [0.1, 0.15) is 181 Å². The van der Waals surface area contributed by atoms with Crippen LogP contribution >= 0.6 is 7.82 Å². The second-order valence-electron chi connectivity index (χ2n) is 16.9. The number of phosphoric acid groups is 1. The quantitative estimate of drug-likeness (QED) is 0.0147. The highest BCUT2D eigenvalue weighted by molar-refractivity contribution is 7.47. The predicted octanol–water partition coefficient (Wildman–Crippen LogP) is 10.8. The zero-order chi connectivity index (χ0) is 46.9. The topological polar surface area (TPSA) is 192 Å². The first kappa shape index (κ1) is 59.8. The standard InChI is InChI=1S/C51H89O12P/c1-3-5-7-9-11-13-15-17-19-21-23-24-26-28-30-32-34-36-38-40-45(52)62-44(43-61-64(58,59)63-51-49(56)47(54)46(53)48(55)50(51)57)42-60-41-39-37-35-33-31-29-27-25-22-20-18-16-14-12-10-8-6-4-2/h5,7,11,13,17-20,23-24,28,30,44,46-51,53-57H,3-4,6,8-10,12,14-16,21-22,25-27,29,31-43H2,1-2H3,(H,58,59)/b7-5-,13-11-,19-17-,20-18-,24-23-,30-28-. The minimum Gasteiger partial charge on any atom is -0.457 e. The highest BCUT2D eigenvalue weighted by Crippen LogP contribution is 2.47. The molecule has 1 rings (SSSR count). The van der Waals surface area contributed by atoms with Crippen LogP contribution < -0.4 is 0 Å². The second kappa shape index (κ2) is 41.0. The van der Waals surface area contributed by atoms with E-state index in [-0.39, 0.29) is 13.0 Å². The minimum atomic E-state index is -5.04. The van der Waals surface area contributed by atoms with Gasteiger partial charge in [-0.3, -0.25) is 13.8 Å². The molecule has 13 heteroatoms. The van der Waals surface area contributed by atoms with Crippen molar-refractivity contribution in [2.75, 3.05) is 19.8 Å². The van der Waals surface area contributed by atoms with E-state index in [9.17, 15) is 39.8 Å². The number of allylic oxidation sites excluding steroid dienone is 12. The van der Waals surface area contributed by atoms with Crippen LogP contribution in [-0.4, -0.2) is 98.9 Å². The summed E-state index contributed by atoms with van der Waals surface area (Å²) in [5.74, 6) is -0.511. The molecule has 6 N–H and O–H groups in total. The van der Waals surface area contributed by atoms with E-state index in [1.54, 1.807) is 0 Å². The largest absolute Gasteiger partial charge is 0.472 e. The molecule has 12 nitrogen and oxygen atoms in total. The van der Waals surface area contributed by atoms with Crippen LogP contribution in [0.15, 0.2) is 72.9 Å². The Morgan fingerprint density at radius 1 is 0.516 bits per heavy atom. The van der Waals surface area contributed by atoms with Crippen LogP contribution in [0.3, 0.4) is 0 Å². The maximum Gasteiger partial charge on any atom is 0.472 e. The highest BCUT2D eigenvalue weighted by Gasteiger charge is 2.51. The van der Waals surface area contributed by atoms with E-state index in [2.05, 4.69) is 86.8 Å². The molecule has 6 atom stereocenters. The van der Waals surface area contributed by atoms with Crippen molar-refractivity contribution >= 4 is 13.8 Å². The number of ether oxygens (including phenoxy) is 2. The number of aliphatic hydroxyl groups is 5. The lowest BCUT2D eigenvalue weighted by molar-refractivity contribution is -0.220. The van der Waals surface area contributed by atoms with Crippen LogP contribution in [0.25, 0.3) is 0 Å². The predicted molar refractivity (Wildman–Crippen MR) is 258 cm³/mol. The molecule has 370 valence electrons. The molecule has 6 unspecified atom stereocenters. The van der Waals surface area contributed by atoms with E-state index in [1.807, 2.05) is 0 Å². The van der Waals surface area contributed by atoms with Gasteiger partial charge in [0.1, 0.15) is 42.7 Å². The normalized spacial score (nSPS) is 22.3. The number of phosphoric ester groups is 1. The van der Waals surface area contributed by atoms with Gasteiger partial charge in [-0.1, -0.05) is 164 Å². The molecule has 1 aliphatic rings. The summed E-state index contributed by atoms with van der Waals surface area (Å²) in [4.78, 5) is 23.2. The van der Waals surface area contributed by atoms with Gasteiger partial charge in [-0.25, -0.2) is 4.57 Å². The van der Waals surface area contributed by atoms with Crippen molar-refractivity contribution in [1.82, 2.24) is 0 Å². The number of carbonyl (C=O) groups excluding carboxylic acids is 1. The molecule has 1 aliphatic carbocycles. The van der Waals surface area contributed by atoms with Gasteiger partial charge in [0.05, 0.1) is 13.2 Å². The maximum absolute atomic E-state index is 12.8. The van der Waals surface area contributed by atoms with Gasteiger partial charge in [0.25, 0.3) is 0 Å². The monoisotopic (exact) mass is 925 g/mol. The van der Waals surface area contributed by atoms with Gasteiger partial charge in [0.15, 0.2) is 0 Å². The van der Waals surface area contributed by atoms with Crippen molar-refractivity contribution in [3.8, 4) is 0 Å². The SMILES string of the molecule is CC/C=C\C/C=C\C/C=C\C/C=C\C/C=C\CCCCCC(=O)OC(COCCCCCCCCCC/C=C\CCCCCCCC)COP(=O)(O)OC1C(O)C(O)C(O)C(O)C1O. The number of rotatable bonds is 41. The van der Waals surface area contributed by atoms with Crippen molar-refractivity contribution in [3.63, 3.8) is 0 Å². The fourth-order valence-corrected chi connectivity index (χ4v) is 8.11. The summed E-state index contributed by atoms with van der Waals surface area (Å²) in [5, 5.41) is 50.3. The zero-order valence-electron chi connectivity index (χ0n) is 39.6. The Balaban J connectivity index is 2.40. The first-order valence-corrected chi connectivity index (χ1v) is 26.3. The molecule has 0 saturated heterocycles. The smallest absolute Gasteiger partial charge is 0.457 e. The maximum atomic E-state index is 12.8. The summed E-state index contributed by atoms with van der Waals surface area (Å²) in [6.45, 7) is 4.10. The molecule has 0 aromatic heterocycles. The van der Waals surface area contributed by atoms with Gasteiger partial charge in [-0.2, -0.15) is 0 Å². The molecule has 0 spiro atoms. The van der Waals surface area contributed by atoms with Crippen molar-refractivity contribution in [1.29, 1.82) is 0 Å². The Bertz CT molecular complexity index is 1330. The van der Waals surface area contributed by atoms with Crippen molar-refractivity contribution in [2.45, 2.75) is 224 Å². The van der Waals surface area contributed by atoms with Gasteiger partial charge in [-0.05, 0) is 83.5 Å². The van der Waals surface area contributed by atoms with E-state index in [0.29, 0.717) is 13.0 Å². The number of carbonyl (C=O) groups is 1. The van der Waals surface area contributed by atoms with Crippen LogP contribution in [0.4, 0.5) is 0 Å². The Morgan fingerprint density at radius 3 is 1.42 bits per heavy atom. The fraction of sp³-hybridized carbons (Fsp3) is 0.745. The third-order valence-electron chi connectivity index (χ3n) is 11.1. The fourth-order valence-electron chi connectivity index (χ4n) is 7.14. The second-order valence-corrected chi connectivity index (χ2v) is 18.3. The average Bonchev–Trinajstić information content (AvgIpc) is 3.28. The lowest BCUT2D eigenvalue weighted by Crippen LogP contribution is -2.64. The summed E-state index contributed by atoms with van der Waals surface area (Å²) in [5.41, 5.74) is 0. The summed E-state index contributed by atoms with van der Waals surface area (Å²) in [7, 11) is -5.04. The molecule has 0 radical (unpaired) electrons. The summed E-state index contributed by atoms with van der Waals surface area (Å²) in [6.07, 6.45) is 41.1. The molecule has 0 aromatic carbocycles. The van der Waals surface area contributed by atoms with Crippen molar-refractivity contribution in [3.05, 3.63) is 72.9 Å². The van der Waals surface area contributed by atoms with E-state index in [0.717, 1.165) is 83.5 Å². The molecule has 1 saturated carbocycles. The van der Waals surface area contributed by atoms with Crippen LogP contribution in [0.2, 0.25) is 0 Å². The molecule has 1 fully saturated rings. The number of hydrogen-bond donors (Lipinski definition) is 6. The van der Waals surface area contributed by atoms with E-state index in [4.69, 9.17) is 18.5 Å². The molecule has 0 aromatic rings. The van der Waals surface area contributed by atoms with Gasteiger partial charge in [0.2, 0.25) is 0 Å². The number of aliphatic hydroxyl groups excluding tert-OH is 5. The molecule has 0 amide bonds. The van der Waals surface area contributed by atoms with E-state index >= 15 is 0 Å². The highest BCUT2D eigenvalue weighted by atomic mass is 31.2. The number of esters is 1. The molecule has 0 aliphatic heterocycles. The summed E-state index contributed by atoms with van der Waals surface area (Å²) >= 11 is 0. The van der Waals surface area contributed by atoms with Crippen LogP contribution in [-0.2, 0) is 27.9 Å². The van der Waals surface area contributed by atoms with Crippen LogP contribution in [0.5, 0.6) is 0 Å². The first-order chi connectivity index (χ1) is 31.0.